The van der Waals surface area contributed by atoms with Crippen molar-refractivity contribution in [3.63, 3.8) is 0 Å². The fraction of sp³-hybridized carbons (Fsp3) is 0.231. The van der Waals surface area contributed by atoms with Crippen LogP contribution in [0, 0.1) is 13.8 Å². The summed E-state index contributed by atoms with van der Waals surface area (Å²) in [7, 11) is 1.76. The van der Waals surface area contributed by atoms with E-state index in [1.54, 1.807) is 19.2 Å². The SMILES string of the molecule is CNc1ccccc1C(=O)Nc1nnc(C)c(C)n1. The molecule has 0 spiro atoms. The minimum Gasteiger partial charge on any atom is -0.387 e. The van der Waals surface area contributed by atoms with Crippen molar-refractivity contribution in [2.45, 2.75) is 13.8 Å². The monoisotopic (exact) mass is 257 g/mol. The van der Waals surface area contributed by atoms with Gasteiger partial charge in [0.15, 0.2) is 0 Å². The van der Waals surface area contributed by atoms with Crippen molar-refractivity contribution in [2.75, 3.05) is 17.7 Å². The molecule has 0 radical (unpaired) electrons. The molecule has 0 fully saturated rings. The molecule has 0 aliphatic rings. The summed E-state index contributed by atoms with van der Waals surface area (Å²) in [6, 6.07) is 7.22. The highest BCUT2D eigenvalue weighted by atomic mass is 16.1. The molecule has 0 aliphatic heterocycles. The van der Waals surface area contributed by atoms with Gasteiger partial charge in [-0.05, 0) is 26.0 Å². The van der Waals surface area contributed by atoms with Gasteiger partial charge in [-0.3, -0.25) is 10.1 Å². The van der Waals surface area contributed by atoms with Crippen molar-refractivity contribution in [2.24, 2.45) is 0 Å². The van der Waals surface area contributed by atoms with Crippen LogP contribution in [-0.4, -0.2) is 28.1 Å². The van der Waals surface area contributed by atoms with E-state index in [0.29, 0.717) is 5.56 Å². The molecule has 0 saturated carbocycles. The number of nitrogens with zero attached hydrogens (tertiary/aromatic N) is 3. The van der Waals surface area contributed by atoms with Crippen LogP contribution in [0.5, 0.6) is 0 Å². The Labute approximate surface area is 111 Å². The van der Waals surface area contributed by atoms with Crippen LogP contribution >= 0.6 is 0 Å². The Morgan fingerprint density at radius 1 is 1.11 bits per heavy atom. The summed E-state index contributed by atoms with van der Waals surface area (Å²) >= 11 is 0. The maximum Gasteiger partial charge on any atom is 0.260 e. The maximum absolute atomic E-state index is 12.1. The third-order valence-corrected chi connectivity index (χ3v) is 2.76. The lowest BCUT2D eigenvalue weighted by Gasteiger charge is -2.08. The van der Waals surface area contributed by atoms with Gasteiger partial charge in [-0.25, -0.2) is 4.98 Å². The smallest absolute Gasteiger partial charge is 0.260 e. The normalized spacial score (nSPS) is 10.1. The van der Waals surface area contributed by atoms with Crippen LogP contribution in [0.1, 0.15) is 21.7 Å². The first kappa shape index (κ1) is 12.9. The molecule has 0 saturated heterocycles. The average molecular weight is 257 g/mol. The average Bonchev–Trinajstić information content (AvgIpc) is 2.43. The molecule has 0 aliphatic carbocycles. The van der Waals surface area contributed by atoms with E-state index in [1.165, 1.54) is 0 Å². The molecule has 1 aromatic heterocycles. The number of amides is 1. The summed E-state index contributed by atoms with van der Waals surface area (Å²) in [5.41, 5.74) is 2.77. The van der Waals surface area contributed by atoms with Gasteiger partial charge in [0, 0.05) is 12.7 Å². The molecule has 2 rings (SSSR count). The highest BCUT2D eigenvalue weighted by Crippen LogP contribution is 2.15. The number of aryl methyl sites for hydroxylation is 2. The molecular weight excluding hydrogens is 242 g/mol. The van der Waals surface area contributed by atoms with Crippen molar-refractivity contribution in [1.82, 2.24) is 15.2 Å². The molecule has 98 valence electrons. The fourth-order valence-corrected chi connectivity index (χ4v) is 1.58. The van der Waals surface area contributed by atoms with Gasteiger partial charge in [-0.2, -0.15) is 5.10 Å². The van der Waals surface area contributed by atoms with Crippen LogP contribution in [0.15, 0.2) is 24.3 Å². The first-order valence-corrected chi connectivity index (χ1v) is 5.88. The quantitative estimate of drug-likeness (QED) is 0.876. The number of carbonyl (C=O) groups is 1. The number of para-hydroxylation sites is 1. The molecule has 0 unspecified atom stereocenters. The Balaban J connectivity index is 2.23. The van der Waals surface area contributed by atoms with Gasteiger partial charge in [-0.1, -0.05) is 12.1 Å². The van der Waals surface area contributed by atoms with Crippen molar-refractivity contribution < 1.29 is 4.79 Å². The summed E-state index contributed by atoms with van der Waals surface area (Å²) < 4.78 is 0. The topological polar surface area (TPSA) is 79.8 Å². The summed E-state index contributed by atoms with van der Waals surface area (Å²) in [6.07, 6.45) is 0. The zero-order chi connectivity index (χ0) is 13.8. The van der Waals surface area contributed by atoms with Gasteiger partial charge in [0.05, 0.1) is 17.0 Å². The number of carbonyl (C=O) groups excluding carboxylic acids is 1. The number of hydrogen-bond donors (Lipinski definition) is 2. The summed E-state index contributed by atoms with van der Waals surface area (Å²) in [5, 5.41) is 13.4. The molecular formula is C13H15N5O. The van der Waals surface area contributed by atoms with Crippen molar-refractivity contribution >= 4 is 17.5 Å². The highest BCUT2D eigenvalue weighted by molar-refractivity contribution is 6.07. The number of anilines is 2. The Bertz CT molecular complexity index is 612. The first-order chi connectivity index (χ1) is 9.11. The van der Waals surface area contributed by atoms with Crippen molar-refractivity contribution in [1.29, 1.82) is 0 Å². The molecule has 6 heteroatoms. The van der Waals surface area contributed by atoms with Gasteiger partial charge in [-0.15, -0.1) is 5.10 Å². The lowest BCUT2D eigenvalue weighted by atomic mass is 10.1. The fourth-order valence-electron chi connectivity index (χ4n) is 1.58. The second-order valence-electron chi connectivity index (χ2n) is 4.06. The molecule has 1 aromatic carbocycles. The third-order valence-electron chi connectivity index (χ3n) is 2.76. The van der Waals surface area contributed by atoms with E-state index in [2.05, 4.69) is 25.8 Å². The number of benzene rings is 1. The van der Waals surface area contributed by atoms with Crippen molar-refractivity contribution in [3.05, 3.63) is 41.2 Å². The molecule has 19 heavy (non-hydrogen) atoms. The first-order valence-electron chi connectivity index (χ1n) is 5.88. The minimum atomic E-state index is -0.269. The van der Waals surface area contributed by atoms with E-state index in [0.717, 1.165) is 17.1 Å². The molecule has 0 bridgehead atoms. The van der Waals surface area contributed by atoms with E-state index in [4.69, 9.17) is 0 Å². The lowest BCUT2D eigenvalue weighted by Crippen LogP contribution is -2.17. The molecule has 0 atom stereocenters. The van der Waals surface area contributed by atoms with Gasteiger partial charge in [0.2, 0.25) is 5.95 Å². The van der Waals surface area contributed by atoms with Crippen LogP contribution in [0.4, 0.5) is 11.6 Å². The van der Waals surface area contributed by atoms with Crippen LogP contribution in [0.2, 0.25) is 0 Å². The second-order valence-corrected chi connectivity index (χ2v) is 4.06. The molecule has 1 amide bonds. The zero-order valence-electron chi connectivity index (χ0n) is 11.1. The Morgan fingerprint density at radius 2 is 1.84 bits per heavy atom. The van der Waals surface area contributed by atoms with Gasteiger partial charge < -0.3 is 5.32 Å². The largest absolute Gasteiger partial charge is 0.387 e. The lowest BCUT2D eigenvalue weighted by molar-refractivity contribution is 0.102. The van der Waals surface area contributed by atoms with Crippen LogP contribution < -0.4 is 10.6 Å². The number of nitrogens with one attached hydrogen (secondary N) is 2. The Kier molecular flexibility index (Phi) is 3.70. The van der Waals surface area contributed by atoms with E-state index < -0.39 is 0 Å². The molecule has 6 nitrogen and oxygen atoms in total. The summed E-state index contributed by atoms with van der Waals surface area (Å²) in [6.45, 7) is 3.64. The predicted octanol–water partition coefficient (Wildman–Crippen LogP) is 1.78. The van der Waals surface area contributed by atoms with Gasteiger partial charge in [0.1, 0.15) is 0 Å². The third kappa shape index (κ3) is 2.85. The molecule has 2 aromatic rings. The summed E-state index contributed by atoms with van der Waals surface area (Å²) in [5.74, 6) is -0.0611. The van der Waals surface area contributed by atoms with Gasteiger partial charge in [0.25, 0.3) is 5.91 Å². The van der Waals surface area contributed by atoms with Crippen LogP contribution in [0.3, 0.4) is 0 Å². The van der Waals surface area contributed by atoms with E-state index in [-0.39, 0.29) is 11.9 Å². The van der Waals surface area contributed by atoms with Crippen molar-refractivity contribution in [3.8, 4) is 0 Å². The molecule has 2 N–H and O–H groups in total. The number of aromatic nitrogens is 3. The minimum absolute atomic E-state index is 0.207. The second kappa shape index (κ2) is 5.43. The molecule has 1 heterocycles. The standard InChI is InChI=1S/C13H15N5O/c1-8-9(2)17-18-13(15-8)16-12(19)10-6-4-5-7-11(10)14-3/h4-7,14H,1-3H3,(H,15,16,18,19). The van der Waals surface area contributed by atoms with Crippen LogP contribution in [0.25, 0.3) is 0 Å². The van der Waals surface area contributed by atoms with Crippen LogP contribution in [-0.2, 0) is 0 Å². The predicted molar refractivity (Wildman–Crippen MR) is 73.2 cm³/mol. The zero-order valence-corrected chi connectivity index (χ0v) is 11.1. The van der Waals surface area contributed by atoms with E-state index in [1.807, 2.05) is 26.0 Å². The van der Waals surface area contributed by atoms with Gasteiger partial charge >= 0.3 is 0 Å². The summed E-state index contributed by atoms with van der Waals surface area (Å²) in [4.78, 5) is 16.3. The Hall–Kier alpha value is -2.50. The number of rotatable bonds is 3. The highest BCUT2D eigenvalue weighted by Gasteiger charge is 2.12. The maximum atomic E-state index is 12.1. The van der Waals surface area contributed by atoms with E-state index in [9.17, 15) is 4.79 Å². The number of hydrogen-bond acceptors (Lipinski definition) is 5. The van der Waals surface area contributed by atoms with E-state index >= 15 is 0 Å². The Morgan fingerprint density at radius 3 is 2.53 bits per heavy atom.